The first-order chi connectivity index (χ1) is 12.7. The topological polar surface area (TPSA) is 50.4 Å². The quantitative estimate of drug-likeness (QED) is 0.770. The fourth-order valence-electron chi connectivity index (χ4n) is 3.62. The van der Waals surface area contributed by atoms with E-state index in [0.29, 0.717) is 12.2 Å². The summed E-state index contributed by atoms with van der Waals surface area (Å²) in [6, 6.07) is 16.2. The molecule has 0 spiro atoms. The molecule has 3 aromatic rings. The van der Waals surface area contributed by atoms with Gasteiger partial charge in [0.1, 0.15) is 11.5 Å². The lowest BCUT2D eigenvalue weighted by Gasteiger charge is -2.27. The molecule has 0 aliphatic carbocycles. The third-order valence-corrected chi connectivity index (χ3v) is 4.99. The third kappa shape index (κ3) is 3.44. The van der Waals surface area contributed by atoms with Gasteiger partial charge >= 0.3 is 0 Å². The molecule has 1 aliphatic rings. The molecule has 26 heavy (non-hydrogen) atoms. The van der Waals surface area contributed by atoms with Crippen LogP contribution in [0.15, 0.2) is 59.2 Å². The molecule has 5 heteroatoms. The Morgan fingerprint density at radius 1 is 1.19 bits per heavy atom. The minimum atomic E-state index is -0.0621. The molecule has 0 saturated carbocycles. The fraction of sp³-hybridized carbons (Fsp3) is 0.286. The number of fused-ring (bicyclic) bond motifs is 1. The van der Waals surface area contributed by atoms with E-state index < -0.39 is 0 Å². The highest BCUT2D eigenvalue weighted by molar-refractivity contribution is 5.93. The number of nitrogens with one attached hydrogen (secondary N) is 1. The number of rotatable bonds is 5. The Morgan fingerprint density at radius 3 is 2.81 bits per heavy atom. The molecule has 0 atom stereocenters. The fourth-order valence-corrected chi connectivity index (χ4v) is 3.62. The van der Waals surface area contributed by atoms with Gasteiger partial charge in [0.2, 0.25) is 0 Å². The van der Waals surface area contributed by atoms with Crippen molar-refractivity contribution in [3.63, 3.8) is 0 Å². The van der Waals surface area contributed by atoms with Crippen molar-refractivity contribution in [2.75, 3.05) is 6.54 Å². The maximum Gasteiger partial charge on any atom is 0.268 e. The molecule has 1 aliphatic heterocycles. The summed E-state index contributed by atoms with van der Waals surface area (Å²) in [5.41, 5.74) is 4.54. The van der Waals surface area contributed by atoms with Crippen LogP contribution < -0.4 is 5.32 Å². The number of carbonyl (C=O) groups excluding carboxylic acids is 1. The first kappa shape index (κ1) is 16.7. The van der Waals surface area contributed by atoms with Crippen molar-refractivity contribution >= 4 is 5.91 Å². The lowest BCUT2D eigenvalue weighted by Crippen LogP contribution is -2.30. The number of benzene rings is 1. The second-order valence-corrected chi connectivity index (χ2v) is 6.77. The van der Waals surface area contributed by atoms with Crippen LogP contribution in [0.3, 0.4) is 0 Å². The molecule has 134 valence electrons. The second kappa shape index (κ2) is 7.22. The predicted molar refractivity (Wildman–Crippen MR) is 99.6 cm³/mol. The lowest BCUT2D eigenvalue weighted by atomic mass is 10.1. The number of nitrogens with zero attached hydrogens (tertiary/aromatic N) is 2. The molecule has 1 aromatic carbocycles. The van der Waals surface area contributed by atoms with Crippen LogP contribution in [0.5, 0.6) is 0 Å². The monoisotopic (exact) mass is 349 g/mol. The number of amides is 1. The molecule has 5 nitrogen and oxygen atoms in total. The smallest absolute Gasteiger partial charge is 0.268 e. The van der Waals surface area contributed by atoms with Crippen LogP contribution in [0.25, 0.3) is 0 Å². The maximum atomic E-state index is 12.6. The first-order valence-corrected chi connectivity index (χ1v) is 8.95. The zero-order valence-electron chi connectivity index (χ0n) is 14.9. The van der Waals surface area contributed by atoms with Crippen LogP contribution in [0.1, 0.15) is 33.1 Å². The summed E-state index contributed by atoms with van der Waals surface area (Å²) >= 11 is 0. The molecule has 0 fully saturated rings. The van der Waals surface area contributed by atoms with Gasteiger partial charge in [-0.3, -0.25) is 9.69 Å². The Kier molecular flexibility index (Phi) is 4.63. The van der Waals surface area contributed by atoms with Crippen LogP contribution in [0.4, 0.5) is 0 Å². The van der Waals surface area contributed by atoms with Crippen molar-refractivity contribution in [2.45, 2.75) is 26.1 Å². The number of furan rings is 1. The molecule has 4 rings (SSSR count). The molecule has 1 amide bonds. The normalized spacial score (nSPS) is 14.2. The van der Waals surface area contributed by atoms with E-state index in [1.54, 1.807) is 6.26 Å². The van der Waals surface area contributed by atoms with E-state index in [-0.39, 0.29) is 5.91 Å². The van der Waals surface area contributed by atoms with Gasteiger partial charge in [0.05, 0.1) is 12.8 Å². The van der Waals surface area contributed by atoms with Crippen molar-refractivity contribution in [2.24, 2.45) is 7.05 Å². The van der Waals surface area contributed by atoms with Crippen molar-refractivity contribution in [1.29, 1.82) is 0 Å². The summed E-state index contributed by atoms with van der Waals surface area (Å²) in [6.45, 7) is 3.23. The Balaban J connectivity index is 1.44. The van der Waals surface area contributed by atoms with E-state index >= 15 is 0 Å². The molecule has 0 saturated heterocycles. The van der Waals surface area contributed by atoms with Gasteiger partial charge in [-0.2, -0.15) is 0 Å². The molecule has 3 heterocycles. The number of aromatic nitrogens is 1. The third-order valence-electron chi connectivity index (χ3n) is 4.99. The van der Waals surface area contributed by atoms with Gasteiger partial charge in [0.25, 0.3) is 5.91 Å². The molecule has 2 aromatic heterocycles. The van der Waals surface area contributed by atoms with E-state index in [2.05, 4.69) is 34.5 Å². The van der Waals surface area contributed by atoms with Gasteiger partial charge in [-0.15, -0.1) is 0 Å². The molecule has 1 N–H and O–H groups in total. The highest BCUT2D eigenvalue weighted by Crippen LogP contribution is 2.24. The summed E-state index contributed by atoms with van der Waals surface area (Å²) in [7, 11) is 1.98. The number of carbonyl (C=O) groups is 1. The van der Waals surface area contributed by atoms with Gasteiger partial charge in [0, 0.05) is 38.8 Å². The van der Waals surface area contributed by atoms with E-state index in [1.165, 1.54) is 16.8 Å². The molecular formula is C21H23N3O2. The highest BCUT2D eigenvalue weighted by Gasteiger charge is 2.23. The van der Waals surface area contributed by atoms with Gasteiger partial charge in [-0.05, 0) is 29.3 Å². The Morgan fingerprint density at radius 2 is 2.04 bits per heavy atom. The van der Waals surface area contributed by atoms with Crippen LogP contribution >= 0.6 is 0 Å². The van der Waals surface area contributed by atoms with Gasteiger partial charge in [-0.25, -0.2) is 0 Å². The van der Waals surface area contributed by atoms with Crippen molar-refractivity contribution < 1.29 is 9.21 Å². The Bertz CT molecular complexity index is 882. The van der Waals surface area contributed by atoms with E-state index in [9.17, 15) is 4.79 Å². The van der Waals surface area contributed by atoms with Crippen LogP contribution in [-0.2, 0) is 33.1 Å². The van der Waals surface area contributed by atoms with Gasteiger partial charge in [0.15, 0.2) is 0 Å². The number of hydrogen-bond acceptors (Lipinski definition) is 3. The summed E-state index contributed by atoms with van der Waals surface area (Å²) in [6.07, 6.45) is 2.58. The van der Waals surface area contributed by atoms with E-state index in [1.807, 2.05) is 35.9 Å². The summed E-state index contributed by atoms with van der Waals surface area (Å²) in [4.78, 5) is 15.0. The van der Waals surface area contributed by atoms with Crippen LogP contribution in [0, 0.1) is 0 Å². The second-order valence-electron chi connectivity index (χ2n) is 6.77. The summed E-state index contributed by atoms with van der Waals surface area (Å²) in [5, 5.41) is 2.94. The zero-order chi connectivity index (χ0) is 17.9. The standard InChI is InChI=1S/C21H23N3O2/c1-23-19-9-10-24(14-16-6-3-2-4-7-16)15-17(19)12-20(23)21(25)22-13-18-8-5-11-26-18/h2-8,11-12H,9-10,13-15H2,1H3,(H,22,25). The zero-order valence-corrected chi connectivity index (χ0v) is 14.9. The SMILES string of the molecule is Cn1c(C(=O)NCc2ccco2)cc2c1CCN(Cc1ccccc1)C2. The Labute approximate surface area is 153 Å². The molecule has 0 radical (unpaired) electrons. The van der Waals surface area contributed by atoms with Crippen molar-refractivity contribution in [3.05, 3.63) is 83.1 Å². The number of hydrogen-bond donors (Lipinski definition) is 1. The average Bonchev–Trinajstić information content (AvgIpc) is 3.29. The summed E-state index contributed by atoms with van der Waals surface area (Å²) < 4.78 is 7.31. The Hall–Kier alpha value is -2.79. The van der Waals surface area contributed by atoms with Crippen LogP contribution in [-0.4, -0.2) is 21.9 Å². The van der Waals surface area contributed by atoms with E-state index in [0.717, 1.165) is 31.8 Å². The average molecular weight is 349 g/mol. The molecule has 0 unspecified atom stereocenters. The minimum absolute atomic E-state index is 0.0621. The van der Waals surface area contributed by atoms with Crippen molar-refractivity contribution in [3.8, 4) is 0 Å². The highest BCUT2D eigenvalue weighted by atomic mass is 16.3. The predicted octanol–water partition coefficient (Wildman–Crippen LogP) is 3.11. The van der Waals surface area contributed by atoms with Crippen LogP contribution in [0.2, 0.25) is 0 Å². The van der Waals surface area contributed by atoms with Gasteiger partial charge in [-0.1, -0.05) is 30.3 Å². The first-order valence-electron chi connectivity index (χ1n) is 8.95. The lowest BCUT2D eigenvalue weighted by molar-refractivity contribution is 0.0939. The van der Waals surface area contributed by atoms with E-state index in [4.69, 9.17) is 4.42 Å². The maximum absolute atomic E-state index is 12.6. The van der Waals surface area contributed by atoms with Crippen molar-refractivity contribution in [1.82, 2.24) is 14.8 Å². The molecular weight excluding hydrogens is 326 g/mol. The van der Waals surface area contributed by atoms with Gasteiger partial charge < -0.3 is 14.3 Å². The molecule has 0 bridgehead atoms. The largest absolute Gasteiger partial charge is 0.467 e. The minimum Gasteiger partial charge on any atom is -0.467 e. The summed E-state index contributed by atoms with van der Waals surface area (Å²) in [5.74, 6) is 0.694.